The van der Waals surface area contributed by atoms with Crippen molar-refractivity contribution in [2.24, 2.45) is 0 Å². The average Bonchev–Trinajstić information content (AvgIpc) is 3.32. The van der Waals surface area contributed by atoms with E-state index in [1.807, 2.05) is 0 Å². The van der Waals surface area contributed by atoms with Crippen LogP contribution in [0.25, 0.3) is 0 Å². The molecule has 0 aliphatic carbocycles. The minimum atomic E-state index is -3.45. The van der Waals surface area contributed by atoms with E-state index in [-0.39, 0.29) is 0 Å². The predicted molar refractivity (Wildman–Crippen MR) is 265 cm³/mol. The Bertz CT molecular complexity index is 2510. The molecular formula is C60H51ClSi. The van der Waals surface area contributed by atoms with Gasteiger partial charge in [-0.05, 0) is 121 Å². The molecule has 0 amide bonds. The Morgan fingerprint density at radius 1 is 0.226 bits per heavy atom. The van der Waals surface area contributed by atoms with Gasteiger partial charge in [0.25, 0.3) is 0 Å². The molecule has 0 radical (unpaired) electrons. The van der Waals surface area contributed by atoms with Crippen molar-refractivity contribution in [2.45, 2.75) is 38.5 Å². The first-order valence-corrected chi connectivity index (χ1v) is 24.9. The van der Waals surface area contributed by atoms with Crippen molar-refractivity contribution in [3.05, 3.63) is 303 Å². The maximum absolute atomic E-state index is 9.19. The molecule has 0 atom stereocenters. The van der Waals surface area contributed by atoms with E-state index in [0.717, 1.165) is 38.5 Å². The van der Waals surface area contributed by atoms with Crippen LogP contribution in [0.4, 0.5) is 0 Å². The van der Waals surface area contributed by atoms with E-state index in [1.165, 1.54) is 82.3 Å². The molecule has 0 saturated carbocycles. The van der Waals surface area contributed by atoms with Gasteiger partial charge in [0.1, 0.15) is 0 Å². The van der Waals surface area contributed by atoms with E-state index in [1.54, 1.807) is 0 Å². The van der Waals surface area contributed by atoms with E-state index in [9.17, 15) is 11.1 Å². The smallest absolute Gasteiger partial charge is 0.149 e. The summed E-state index contributed by atoms with van der Waals surface area (Å²) in [6.45, 7) is 0. The van der Waals surface area contributed by atoms with Crippen molar-refractivity contribution in [1.82, 2.24) is 0 Å². The third-order valence-electron chi connectivity index (χ3n) is 12.3. The molecule has 0 aliphatic heterocycles. The highest BCUT2D eigenvalue weighted by Gasteiger charge is 2.44. The van der Waals surface area contributed by atoms with Gasteiger partial charge in [-0.25, -0.2) is 0 Å². The molecule has 0 nitrogen and oxygen atoms in total. The summed E-state index contributed by atoms with van der Waals surface area (Å²) in [4.78, 5) is 0. The lowest BCUT2D eigenvalue weighted by atomic mass is 9.94. The van der Waals surface area contributed by atoms with Crippen LogP contribution >= 0.6 is 11.1 Å². The lowest BCUT2D eigenvalue weighted by Gasteiger charge is -2.35. The average molecular weight is 836 g/mol. The van der Waals surface area contributed by atoms with Gasteiger partial charge in [-0.3, -0.25) is 0 Å². The highest BCUT2D eigenvalue weighted by Crippen LogP contribution is 2.29. The zero-order chi connectivity index (χ0) is 42.0. The monoisotopic (exact) mass is 834 g/mol. The maximum atomic E-state index is 9.19. The van der Waals surface area contributed by atoms with Crippen LogP contribution in [0, 0.1) is 0 Å². The number of halogens is 1. The van der Waals surface area contributed by atoms with Gasteiger partial charge < -0.3 is 0 Å². The molecule has 0 N–H and O–H groups in total. The van der Waals surface area contributed by atoms with Gasteiger partial charge in [0.05, 0.1) is 0 Å². The van der Waals surface area contributed by atoms with Crippen molar-refractivity contribution in [3.8, 4) is 0 Å². The molecule has 9 rings (SSSR count). The number of rotatable bonds is 15. The Labute approximate surface area is 373 Å². The van der Waals surface area contributed by atoms with Crippen molar-refractivity contribution < 1.29 is 0 Å². The Morgan fingerprint density at radius 2 is 0.435 bits per heavy atom. The molecule has 9 aromatic carbocycles. The van der Waals surface area contributed by atoms with Crippen LogP contribution in [0.2, 0.25) is 0 Å². The van der Waals surface area contributed by atoms with Crippen molar-refractivity contribution in [2.75, 3.05) is 0 Å². The fourth-order valence-corrected chi connectivity index (χ4v) is 14.7. The molecule has 0 unspecified atom stereocenters. The molecule has 0 fully saturated rings. The standard InChI is InChI=1S/C60H51ClSi/c61-62(58-37-19-34-52(40-46-22-7-1-8-23-46)55(58)43-49-28-13-4-14-29-49,59-38-20-35-53(41-47-24-9-2-10-25-47)56(59)44-50-30-15-5-16-31-50)60-39-21-36-54(42-48-26-11-3-12-27-48)57(60)45-51-32-17-6-18-33-51/h1-39H,40-45H2. The largest absolute Gasteiger partial charge is 0.248 e. The molecule has 0 aromatic heterocycles. The summed E-state index contributed by atoms with van der Waals surface area (Å²) in [5, 5.41) is 3.82. The Hall–Kier alpha value is -6.51. The fraction of sp³-hybridized carbons (Fsp3) is 0.100. The second-order valence-corrected chi connectivity index (χ2v) is 21.1. The summed E-state index contributed by atoms with van der Waals surface area (Å²) in [5.41, 5.74) is 15.7. The van der Waals surface area contributed by atoms with Gasteiger partial charge in [0, 0.05) is 0 Å². The van der Waals surface area contributed by atoms with Gasteiger partial charge in [0.2, 0.25) is 7.38 Å². The van der Waals surface area contributed by atoms with Crippen LogP contribution in [0.1, 0.15) is 66.8 Å². The van der Waals surface area contributed by atoms with Crippen LogP contribution in [0.5, 0.6) is 0 Å². The van der Waals surface area contributed by atoms with Crippen LogP contribution in [-0.4, -0.2) is 7.38 Å². The molecule has 2 heteroatoms. The summed E-state index contributed by atoms with van der Waals surface area (Å²) < 4.78 is 0. The number of hydrogen-bond acceptors (Lipinski definition) is 0. The third kappa shape index (κ3) is 9.36. The maximum Gasteiger partial charge on any atom is 0.248 e. The van der Waals surface area contributed by atoms with Gasteiger partial charge in [-0.1, -0.05) is 237 Å². The summed E-state index contributed by atoms with van der Waals surface area (Å²) in [6.07, 6.45) is 4.85. The quantitative estimate of drug-likeness (QED) is 0.0548. The van der Waals surface area contributed by atoms with Crippen LogP contribution in [-0.2, 0) is 38.5 Å². The highest BCUT2D eigenvalue weighted by molar-refractivity contribution is 7.40. The van der Waals surface area contributed by atoms with Crippen molar-refractivity contribution >= 4 is 34.0 Å². The topological polar surface area (TPSA) is 0 Å². The molecule has 62 heavy (non-hydrogen) atoms. The van der Waals surface area contributed by atoms with Crippen molar-refractivity contribution in [3.63, 3.8) is 0 Å². The highest BCUT2D eigenvalue weighted by atomic mass is 35.6. The molecule has 302 valence electrons. The lowest BCUT2D eigenvalue weighted by Crippen LogP contribution is -2.66. The van der Waals surface area contributed by atoms with E-state index in [0.29, 0.717) is 0 Å². The fourth-order valence-electron chi connectivity index (χ4n) is 9.28. The first-order valence-electron chi connectivity index (χ1n) is 21.9. The number of hydrogen-bond donors (Lipinski definition) is 0. The molecule has 9 aromatic rings. The molecule has 0 spiro atoms. The second-order valence-electron chi connectivity index (χ2n) is 16.5. The summed E-state index contributed by atoms with van der Waals surface area (Å²) in [5.74, 6) is 0. The summed E-state index contributed by atoms with van der Waals surface area (Å²) >= 11 is 9.19. The molecule has 0 heterocycles. The van der Waals surface area contributed by atoms with Gasteiger partial charge in [-0.2, -0.15) is 0 Å². The molecule has 0 bridgehead atoms. The lowest BCUT2D eigenvalue weighted by molar-refractivity contribution is 1.09. The molecule has 0 aliphatic rings. The number of benzene rings is 9. The van der Waals surface area contributed by atoms with Gasteiger partial charge >= 0.3 is 0 Å². The summed E-state index contributed by atoms with van der Waals surface area (Å²) in [6, 6.07) is 86.7. The van der Waals surface area contributed by atoms with E-state index >= 15 is 0 Å². The minimum Gasteiger partial charge on any atom is -0.149 e. The Balaban J connectivity index is 1.36. The summed E-state index contributed by atoms with van der Waals surface area (Å²) in [7, 11) is -3.45. The Kier molecular flexibility index (Phi) is 12.8. The van der Waals surface area contributed by atoms with E-state index < -0.39 is 7.38 Å². The second kappa shape index (κ2) is 19.5. The minimum absolute atomic E-state index is 0.788. The predicted octanol–water partition coefficient (Wildman–Crippen LogP) is 12.4. The molecular weight excluding hydrogens is 784 g/mol. The van der Waals surface area contributed by atoms with Crippen molar-refractivity contribution in [1.29, 1.82) is 0 Å². The normalized spacial score (nSPS) is 11.4. The zero-order valence-corrected chi connectivity index (χ0v) is 36.9. The van der Waals surface area contributed by atoms with Crippen LogP contribution in [0.15, 0.2) is 237 Å². The Morgan fingerprint density at radius 3 is 0.661 bits per heavy atom. The third-order valence-corrected chi connectivity index (χ3v) is 17.8. The SMILES string of the molecule is Cl[Si](c1cccc(Cc2ccccc2)c1Cc1ccccc1)(c1cccc(Cc2ccccc2)c1Cc1ccccc1)c1cccc(Cc2ccccc2)c1Cc1ccccc1. The van der Waals surface area contributed by atoms with Gasteiger partial charge in [-0.15, -0.1) is 11.1 Å². The first-order chi connectivity index (χ1) is 30.6. The van der Waals surface area contributed by atoms with E-state index in [2.05, 4.69) is 237 Å². The van der Waals surface area contributed by atoms with Crippen LogP contribution < -0.4 is 15.6 Å². The van der Waals surface area contributed by atoms with Gasteiger partial charge in [0.15, 0.2) is 0 Å². The first kappa shape index (κ1) is 40.9. The molecule has 0 saturated heterocycles. The van der Waals surface area contributed by atoms with Crippen LogP contribution in [0.3, 0.4) is 0 Å². The zero-order valence-electron chi connectivity index (χ0n) is 35.1. The van der Waals surface area contributed by atoms with E-state index in [4.69, 9.17) is 0 Å².